The smallest absolute Gasteiger partial charge is 0.253 e. The second-order valence-corrected chi connectivity index (χ2v) is 4.15. The first-order chi connectivity index (χ1) is 9.12. The average molecular weight is 264 g/mol. The number of nitrogen functional groups attached to an aromatic ring is 1. The highest BCUT2D eigenvalue weighted by molar-refractivity contribution is 5.99. The summed E-state index contributed by atoms with van der Waals surface area (Å²) in [5.74, 6) is -0.304. The van der Waals surface area contributed by atoms with Gasteiger partial charge in [0.2, 0.25) is 0 Å². The number of hydrogen-bond acceptors (Lipinski definition) is 5. The number of rotatable bonds is 7. The molecule has 0 bridgehead atoms. The predicted octanol–water partition coefficient (Wildman–Crippen LogP) is 1.74. The van der Waals surface area contributed by atoms with Gasteiger partial charge in [0, 0.05) is 18.8 Å². The zero-order valence-corrected chi connectivity index (χ0v) is 11.3. The molecular weight excluding hydrogens is 244 g/mol. The Morgan fingerprint density at radius 3 is 2.63 bits per heavy atom. The first-order valence-electron chi connectivity index (χ1n) is 6.35. The number of nitrogens with zero attached hydrogens (tertiary/aromatic N) is 2. The molecular formula is C13H20N4O2. The van der Waals surface area contributed by atoms with Gasteiger partial charge in [-0.05, 0) is 36.5 Å². The van der Waals surface area contributed by atoms with E-state index in [4.69, 9.17) is 5.73 Å². The van der Waals surface area contributed by atoms with Crippen molar-refractivity contribution in [3.8, 4) is 0 Å². The number of nitrogens with two attached hydrogens (primary N) is 1. The molecule has 0 radical (unpaired) electrons. The summed E-state index contributed by atoms with van der Waals surface area (Å²) in [5, 5.41) is 5.60. The molecule has 0 saturated carbocycles. The molecule has 1 aromatic carbocycles. The Bertz CT molecular complexity index is 444. The molecule has 3 N–H and O–H groups in total. The summed E-state index contributed by atoms with van der Waals surface area (Å²) < 4.78 is 0. The second kappa shape index (κ2) is 7.48. The molecule has 0 fully saturated rings. The maximum absolute atomic E-state index is 11.9. The van der Waals surface area contributed by atoms with Crippen molar-refractivity contribution in [1.29, 1.82) is 0 Å². The van der Waals surface area contributed by atoms with Crippen LogP contribution in [0.5, 0.6) is 0 Å². The van der Waals surface area contributed by atoms with Crippen LogP contribution in [0.1, 0.15) is 24.2 Å². The van der Waals surface area contributed by atoms with Gasteiger partial charge in [0.05, 0.1) is 5.56 Å². The Morgan fingerprint density at radius 2 is 2.05 bits per heavy atom. The quantitative estimate of drug-likeness (QED) is 0.580. The van der Waals surface area contributed by atoms with E-state index >= 15 is 0 Å². The number of likely N-dealkylation sites (N-methyl/N-ethyl adjacent to an activating group) is 1. The molecule has 1 rings (SSSR count). The van der Waals surface area contributed by atoms with Crippen molar-refractivity contribution in [2.24, 2.45) is 5.18 Å². The molecule has 0 unspecified atom stereocenters. The van der Waals surface area contributed by atoms with Gasteiger partial charge in [-0.3, -0.25) is 4.79 Å². The Labute approximate surface area is 112 Å². The van der Waals surface area contributed by atoms with Gasteiger partial charge in [0.1, 0.15) is 5.69 Å². The third-order valence-corrected chi connectivity index (χ3v) is 2.97. The van der Waals surface area contributed by atoms with Crippen molar-refractivity contribution in [3.05, 3.63) is 28.7 Å². The van der Waals surface area contributed by atoms with Crippen molar-refractivity contribution in [3.63, 3.8) is 0 Å². The molecule has 6 nitrogen and oxygen atoms in total. The van der Waals surface area contributed by atoms with Gasteiger partial charge in [-0.25, -0.2) is 0 Å². The molecule has 104 valence electrons. The van der Waals surface area contributed by atoms with Crippen LogP contribution in [-0.4, -0.2) is 37.0 Å². The Kier molecular flexibility index (Phi) is 5.95. The standard InChI is InChI=1S/C13H20N4O2/c1-3-17(4-2)8-7-15-13(18)11-6-5-10(14)9-12(11)16-19/h5-6,9H,3-4,7-8,14H2,1-2H3,(H,15,18). The van der Waals surface area contributed by atoms with E-state index < -0.39 is 0 Å². The molecule has 0 aliphatic rings. The third kappa shape index (κ3) is 4.33. The van der Waals surface area contributed by atoms with E-state index in [1.807, 2.05) is 0 Å². The number of benzene rings is 1. The summed E-state index contributed by atoms with van der Waals surface area (Å²) in [6.07, 6.45) is 0. The summed E-state index contributed by atoms with van der Waals surface area (Å²) in [4.78, 5) is 24.8. The first-order valence-corrected chi connectivity index (χ1v) is 6.35. The molecule has 0 aliphatic heterocycles. The fraction of sp³-hybridized carbons (Fsp3) is 0.462. The predicted molar refractivity (Wildman–Crippen MR) is 76.4 cm³/mol. The number of anilines is 1. The van der Waals surface area contributed by atoms with Crippen LogP contribution in [-0.2, 0) is 0 Å². The van der Waals surface area contributed by atoms with Gasteiger partial charge in [-0.2, -0.15) is 0 Å². The zero-order valence-electron chi connectivity index (χ0n) is 11.3. The molecule has 0 atom stereocenters. The SMILES string of the molecule is CCN(CC)CCNC(=O)c1ccc(N)cc1N=O. The molecule has 1 aromatic rings. The van der Waals surface area contributed by atoms with Crippen LogP contribution < -0.4 is 11.1 Å². The summed E-state index contributed by atoms with van der Waals surface area (Å²) in [5.41, 5.74) is 6.28. The van der Waals surface area contributed by atoms with Crippen LogP contribution in [0.25, 0.3) is 0 Å². The lowest BCUT2D eigenvalue weighted by Crippen LogP contribution is -2.34. The maximum atomic E-state index is 11.9. The molecule has 0 aliphatic carbocycles. The van der Waals surface area contributed by atoms with Crippen LogP contribution in [0.2, 0.25) is 0 Å². The highest BCUT2D eigenvalue weighted by Crippen LogP contribution is 2.21. The fourth-order valence-corrected chi connectivity index (χ4v) is 1.78. The van der Waals surface area contributed by atoms with Crippen LogP contribution >= 0.6 is 0 Å². The van der Waals surface area contributed by atoms with Gasteiger partial charge < -0.3 is 16.0 Å². The molecule has 1 amide bonds. The highest BCUT2D eigenvalue weighted by Gasteiger charge is 2.12. The molecule has 19 heavy (non-hydrogen) atoms. The Morgan fingerprint density at radius 1 is 1.37 bits per heavy atom. The lowest BCUT2D eigenvalue weighted by atomic mass is 10.1. The summed E-state index contributed by atoms with van der Waals surface area (Å²) in [6.45, 7) is 7.32. The number of nitrogens with one attached hydrogen (secondary N) is 1. The summed E-state index contributed by atoms with van der Waals surface area (Å²) in [7, 11) is 0. The molecule has 6 heteroatoms. The molecule has 0 saturated heterocycles. The second-order valence-electron chi connectivity index (χ2n) is 4.15. The third-order valence-electron chi connectivity index (χ3n) is 2.97. The van der Waals surface area contributed by atoms with E-state index in [0.29, 0.717) is 12.2 Å². The van der Waals surface area contributed by atoms with Crippen molar-refractivity contribution in [1.82, 2.24) is 10.2 Å². The van der Waals surface area contributed by atoms with Crippen molar-refractivity contribution >= 4 is 17.3 Å². The van der Waals surface area contributed by atoms with Gasteiger partial charge in [-0.1, -0.05) is 13.8 Å². The largest absolute Gasteiger partial charge is 0.399 e. The van der Waals surface area contributed by atoms with Gasteiger partial charge >= 0.3 is 0 Å². The number of amides is 1. The van der Waals surface area contributed by atoms with Crippen molar-refractivity contribution in [2.75, 3.05) is 31.9 Å². The van der Waals surface area contributed by atoms with E-state index in [-0.39, 0.29) is 17.2 Å². The normalized spacial score (nSPS) is 10.5. The van der Waals surface area contributed by atoms with E-state index in [1.54, 1.807) is 6.07 Å². The van der Waals surface area contributed by atoms with E-state index in [2.05, 4.69) is 29.2 Å². The van der Waals surface area contributed by atoms with Crippen LogP contribution in [0.3, 0.4) is 0 Å². The lowest BCUT2D eigenvalue weighted by molar-refractivity contribution is 0.0949. The number of nitroso groups, excluding NO2 is 1. The van der Waals surface area contributed by atoms with E-state index in [0.717, 1.165) is 19.6 Å². The molecule has 0 aromatic heterocycles. The van der Waals surface area contributed by atoms with Crippen molar-refractivity contribution < 1.29 is 4.79 Å². The lowest BCUT2D eigenvalue weighted by Gasteiger charge is -2.18. The molecule has 0 spiro atoms. The molecule has 0 heterocycles. The first kappa shape index (κ1) is 15.1. The fourth-order valence-electron chi connectivity index (χ4n) is 1.78. The maximum Gasteiger partial charge on any atom is 0.253 e. The van der Waals surface area contributed by atoms with Gasteiger partial charge in [0.15, 0.2) is 0 Å². The monoisotopic (exact) mass is 264 g/mol. The Hall–Kier alpha value is -1.95. The highest BCUT2D eigenvalue weighted by atomic mass is 16.3. The van der Waals surface area contributed by atoms with Crippen molar-refractivity contribution in [2.45, 2.75) is 13.8 Å². The van der Waals surface area contributed by atoms with Gasteiger partial charge in [-0.15, -0.1) is 4.91 Å². The minimum atomic E-state index is -0.304. The van der Waals surface area contributed by atoms with Crippen LogP contribution in [0.15, 0.2) is 23.4 Å². The van der Waals surface area contributed by atoms with Crippen LogP contribution in [0.4, 0.5) is 11.4 Å². The van der Waals surface area contributed by atoms with Gasteiger partial charge in [0.25, 0.3) is 5.91 Å². The van der Waals surface area contributed by atoms with E-state index in [1.165, 1.54) is 12.1 Å². The topological polar surface area (TPSA) is 87.8 Å². The zero-order chi connectivity index (χ0) is 14.3. The van der Waals surface area contributed by atoms with E-state index in [9.17, 15) is 9.70 Å². The number of carbonyl (C=O) groups excluding carboxylic acids is 1. The Balaban J connectivity index is 2.61. The average Bonchev–Trinajstić information content (AvgIpc) is 2.43. The minimum absolute atomic E-state index is 0.0698. The number of carbonyl (C=O) groups is 1. The minimum Gasteiger partial charge on any atom is -0.399 e. The number of hydrogen-bond donors (Lipinski definition) is 2. The summed E-state index contributed by atoms with van der Waals surface area (Å²) >= 11 is 0. The van der Waals surface area contributed by atoms with Crippen LogP contribution in [0, 0.1) is 4.91 Å². The summed E-state index contributed by atoms with van der Waals surface area (Å²) in [6, 6.07) is 4.49.